The van der Waals surface area contributed by atoms with Crippen LogP contribution in [0.3, 0.4) is 0 Å². The van der Waals surface area contributed by atoms with Gasteiger partial charge in [-0.15, -0.1) is 0 Å². The molecule has 0 bridgehead atoms. The number of nitrogens with one attached hydrogen (secondary N) is 1. The van der Waals surface area contributed by atoms with E-state index in [9.17, 15) is 4.79 Å². The first kappa shape index (κ1) is 18.3. The molecule has 3 aromatic rings. The molecular weight excluding hydrogens is 370 g/mol. The molecule has 1 amide bonds. The van der Waals surface area contributed by atoms with Gasteiger partial charge in [0.1, 0.15) is 11.5 Å². The van der Waals surface area contributed by atoms with Crippen molar-refractivity contribution in [2.45, 2.75) is 6.04 Å². The number of carbonyl (C=O) groups excluding carboxylic acids is 1. The Kier molecular flexibility index (Phi) is 6.15. The summed E-state index contributed by atoms with van der Waals surface area (Å²) in [5, 5.41) is 7.68. The molecule has 3 rings (SSSR count). The summed E-state index contributed by atoms with van der Waals surface area (Å²) in [6.07, 6.45) is 0. The van der Waals surface area contributed by atoms with Crippen molar-refractivity contribution in [3.05, 3.63) is 81.5 Å². The second kappa shape index (κ2) is 8.74. The van der Waals surface area contributed by atoms with Crippen LogP contribution in [0.25, 0.3) is 0 Å². The van der Waals surface area contributed by atoms with Gasteiger partial charge in [0.25, 0.3) is 5.91 Å². The number of methoxy groups -OCH3 is 1. The van der Waals surface area contributed by atoms with E-state index in [2.05, 4.69) is 5.32 Å². The molecule has 1 N–H and O–H groups in total. The van der Waals surface area contributed by atoms with E-state index >= 15 is 0 Å². The second-order valence-electron chi connectivity index (χ2n) is 5.57. The summed E-state index contributed by atoms with van der Waals surface area (Å²) in [5.74, 6) is 1.15. The van der Waals surface area contributed by atoms with Gasteiger partial charge in [-0.2, -0.15) is 11.3 Å². The van der Waals surface area contributed by atoms with Gasteiger partial charge in [0.2, 0.25) is 0 Å². The zero-order chi connectivity index (χ0) is 18.4. The van der Waals surface area contributed by atoms with E-state index in [1.807, 2.05) is 41.1 Å². The van der Waals surface area contributed by atoms with Gasteiger partial charge >= 0.3 is 0 Å². The lowest BCUT2D eigenvalue weighted by molar-refractivity contribution is -0.123. The first-order chi connectivity index (χ1) is 12.7. The van der Waals surface area contributed by atoms with E-state index in [-0.39, 0.29) is 18.6 Å². The minimum atomic E-state index is -0.245. The lowest BCUT2D eigenvalue weighted by Gasteiger charge is -2.19. The summed E-state index contributed by atoms with van der Waals surface area (Å²) in [6.45, 7) is -0.0689. The van der Waals surface area contributed by atoms with Gasteiger partial charge in [-0.3, -0.25) is 4.79 Å². The first-order valence-corrected chi connectivity index (χ1v) is 9.31. The van der Waals surface area contributed by atoms with Gasteiger partial charge in [0, 0.05) is 5.02 Å². The van der Waals surface area contributed by atoms with Crippen molar-refractivity contribution in [3.8, 4) is 11.5 Å². The van der Waals surface area contributed by atoms with Crippen LogP contribution in [0.15, 0.2) is 65.4 Å². The number of amides is 1. The van der Waals surface area contributed by atoms with Crippen LogP contribution in [0.4, 0.5) is 0 Å². The van der Waals surface area contributed by atoms with Crippen LogP contribution in [0.2, 0.25) is 5.02 Å². The molecule has 6 heteroatoms. The van der Waals surface area contributed by atoms with Crippen molar-refractivity contribution in [2.24, 2.45) is 0 Å². The zero-order valence-corrected chi connectivity index (χ0v) is 15.7. The Morgan fingerprint density at radius 1 is 1.04 bits per heavy atom. The van der Waals surface area contributed by atoms with E-state index in [0.29, 0.717) is 10.8 Å². The van der Waals surface area contributed by atoms with Crippen molar-refractivity contribution in [1.29, 1.82) is 0 Å². The molecule has 0 fully saturated rings. The standard InChI is InChI=1S/C20H18ClNO3S/c1-24-17-6-8-18(9-7-17)25-12-19(23)22-20(15-10-11-26-13-15)14-2-4-16(21)5-3-14/h2-11,13,20H,12H2,1H3,(H,22,23). The Hall–Kier alpha value is -2.50. The number of halogens is 1. The average molecular weight is 388 g/mol. The molecule has 0 saturated heterocycles. The molecule has 0 radical (unpaired) electrons. The molecule has 1 unspecified atom stereocenters. The lowest BCUT2D eigenvalue weighted by Crippen LogP contribution is -2.33. The summed E-state index contributed by atoms with van der Waals surface area (Å²) in [7, 11) is 1.60. The highest BCUT2D eigenvalue weighted by atomic mass is 35.5. The molecule has 134 valence electrons. The average Bonchev–Trinajstić information content (AvgIpc) is 3.20. The van der Waals surface area contributed by atoms with Gasteiger partial charge in [-0.05, 0) is 64.4 Å². The first-order valence-electron chi connectivity index (χ1n) is 7.99. The number of thiophene rings is 1. The van der Waals surface area contributed by atoms with Crippen LogP contribution in [0.1, 0.15) is 17.2 Å². The third-order valence-corrected chi connectivity index (χ3v) is 4.77. The molecule has 2 aromatic carbocycles. The van der Waals surface area contributed by atoms with Crippen LogP contribution in [-0.2, 0) is 4.79 Å². The molecule has 0 aliphatic rings. The Morgan fingerprint density at radius 2 is 1.73 bits per heavy atom. The Morgan fingerprint density at radius 3 is 2.35 bits per heavy atom. The van der Waals surface area contributed by atoms with Crippen LogP contribution in [0, 0.1) is 0 Å². The quantitative estimate of drug-likeness (QED) is 0.639. The number of hydrogen-bond acceptors (Lipinski definition) is 4. The smallest absolute Gasteiger partial charge is 0.258 e. The summed E-state index contributed by atoms with van der Waals surface area (Å²) < 4.78 is 10.7. The number of carbonyl (C=O) groups is 1. The van der Waals surface area contributed by atoms with E-state index in [4.69, 9.17) is 21.1 Å². The molecule has 26 heavy (non-hydrogen) atoms. The van der Waals surface area contributed by atoms with E-state index in [0.717, 1.165) is 16.9 Å². The topological polar surface area (TPSA) is 47.6 Å². The van der Waals surface area contributed by atoms with Crippen molar-refractivity contribution in [1.82, 2.24) is 5.32 Å². The Bertz CT molecular complexity index is 833. The molecule has 0 spiro atoms. The van der Waals surface area contributed by atoms with Gasteiger partial charge < -0.3 is 14.8 Å². The van der Waals surface area contributed by atoms with Crippen LogP contribution < -0.4 is 14.8 Å². The molecule has 0 aliphatic heterocycles. The van der Waals surface area contributed by atoms with Crippen molar-refractivity contribution in [3.63, 3.8) is 0 Å². The van der Waals surface area contributed by atoms with E-state index in [1.54, 1.807) is 42.7 Å². The molecule has 1 aromatic heterocycles. The maximum Gasteiger partial charge on any atom is 0.258 e. The third kappa shape index (κ3) is 4.77. The number of hydrogen-bond donors (Lipinski definition) is 1. The summed E-state index contributed by atoms with van der Waals surface area (Å²) in [6, 6.07) is 16.3. The van der Waals surface area contributed by atoms with E-state index in [1.165, 1.54) is 0 Å². The van der Waals surface area contributed by atoms with Gasteiger partial charge in [0.05, 0.1) is 13.2 Å². The van der Waals surface area contributed by atoms with Crippen LogP contribution in [0.5, 0.6) is 11.5 Å². The van der Waals surface area contributed by atoms with Crippen LogP contribution in [-0.4, -0.2) is 19.6 Å². The Labute approximate surface area is 161 Å². The summed E-state index contributed by atoms with van der Waals surface area (Å²) in [4.78, 5) is 12.4. The van der Waals surface area contributed by atoms with Gasteiger partial charge in [-0.1, -0.05) is 23.7 Å². The normalized spacial score (nSPS) is 11.6. The SMILES string of the molecule is COc1ccc(OCC(=O)NC(c2ccc(Cl)cc2)c2ccsc2)cc1. The highest BCUT2D eigenvalue weighted by Gasteiger charge is 2.17. The largest absolute Gasteiger partial charge is 0.497 e. The highest BCUT2D eigenvalue weighted by molar-refractivity contribution is 7.08. The summed E-state index contributed by atoms with van der Waals surface area (Å²) in [5.41, 5.74) is 1.99. The predicted molar refractivity (Wildman–Crippen MR) is 104 cm³/mol. The minimum Gasteiger partial charge on any atom is -0.497 e. The van der Waals surface area contributed by atoms with Gasteiger partial charge in [-0.25, -0.2) is 0 Å². The third-order valence-electron chi connectivity index (χ3n) is 3.81. The number of rotatable bonds is 7. The molecule has 0 saturated carbocycles. The fourth-order valence-electron chi connectivity index (χ4n) is 2.48. The Balaban J connectivity index is 1.66. The second-order valence-corrected chi connectivity index (χ2v) is 6.79. The fourth-order valence-corrected chi connectivity index (χ4v) is 3.29. The molecular formula is C20H18ClNO3S. The number of benzene rings is 2. The molecule has 4 nitrogen and oxygen atoms in total. The monoisotopic (exact) mass is 387 g/mol. The summed E-state index contributed by atoms with van der Waals surface area (Å²) >= 11 is 7.56. The highest BCUT2D eigenvalue weighted by Crippen LogP contribution is 2.25. The van der Waals surface area contributed by atoms with Gasteiger partial charge in [0.15, 0.2) is 6.61 Å². The molecule has 0 aliphatic carbocycles. The predicted octanol–water partition coefficient (Wildman–Crippen LogP) is 4.69. The maximum atomic E-state index is 12.4. The van der Waals surface area contributed by atoms with Crippen molar-refractivity contribution < 1.29 is 14.3 Å². The number of ether oxygens (including phenoxy) is 2. The lowest BCUT2D eigenvalue weighted by atomic mass is 10.0. The van der Waals surface area contributed by atoms with Crippen LogP contribution >= 0.6 is 22.9 Å². The van der Waals surface area contributed by atoms with Crippen molar-refractivity contribution >= 4 is 28.8 Å². The fraction of sp³-hybridized carbons (Fsp3) is 0.150. The maximum absolute atomic E-state index is 12.4. The van der Waals surface area contributed by atoms with Crippen molar-refractivity contribution in [2.75, 3.05) is 13.7 Å². The molecule has 1 heterocycles. The molecule has 1 atom stereocenters. The van der Waals surface area contributed by atoms with E-state index < -0.39 is 0 Å². The zero-order valence-electron chi connectivity index (χ0n) is 14.1. The minimum absolute atomic E-state index is 0.0689.